The molecule has 0 radical (unpaired) electrons. The molecular weight excluding hydrogens is 418 g/mol. The van der Waals surface area contributed by atoms with Crippen molar-refractivity contribution in [3.63, 3.8) is 0 Å². The van der Waals surface area contributed by atoms with Crippen molar-refractivity contribution in [1.82, 2.24) is 18.9 Å². The molecule has 0 saturated heterocycles. The van der Waals surface area contributed by atoms with E-state index < -0.39 is 4.92 Å². The number of non-ortho nitro benzene ring substituents is 1. The Labute approximate surface area is 186 Å². The number of para-hydroxylation sites is 3. The summed E-state index contributed by atoms with van der Waals surface area (Å²) >= 11 is 0. The Morgan fingerprint density at radius 1 is 0.909 bits per heavy atom. The number of nitro benzene ring substituents is 1. The molecule has 3 aromatic carbocycles. The van der Waals surface area contributed by atoms with E-state index in [1.54, 1.807) is 12.1 Å². The van der Waals surface area contributed by atoms with Gasteiger partial charge in [-0.3, -0.25) is 19.3 Å². The van der Waals surface area contributed by atoms with Gasteiger partial charge < -0.3 is 4.57 Å². The van der Waals surface area contributed by atoms with E-state index in [4.69, 9.17) is 9.97 Å². The Bertz CT molecular complexity index is 1820. The molecule has 6 aromatic rings. The van der Waals surface area contributed by atoms with Crippen molar-refractivity contribution >= 4 is 44.3 Å². The number of benzene rings is 3. The van der Waals surface area contributed by atoms with E-state index in [1.165, 1.54) is 12.1 Å². The number of aryl methyl sites for hydroxylation is 1. The number of hydrogen-bond donors (Lipinski definition) is 0. The molecule has 0 atom stereocenters. The fourth-order valence-corrected chi connectivity index (χ4v) is 4.53. The SMILES string of the molecule is CCn1c2ccccc2c(=O)c2c1nc(-c1cccc([N+](=O)[O-])c1)n1c3ccccc3nc21. The maximum atomic E-state index is 13.6. The summed E-state index contributed by atoms with van der Waals surface area (Å²) < 4.78 is 3.82. The lowest BCUT2D eigenvalue weighted by molar-refractivity contribution is -0.384. The van der Waals surface area contributed by atoms with Gasteiger partial charge >= 0.3 is 0 Å². The molecule has 0 aliphatic heterocycles. The summed E-state index contributed by atoms with van der Waals surface area (Å²) in [7, 11) is 0. The van der Waals surface area contributed by atoms with Gasteiger partial charge in [-0.2, -0.15) is 0 Å². The van der Waals surface area contributed by atoms with Gasteiger partial charge in [-0.1, -0.05) is 36.4 Å². The van der Waals surface area contributed by atoms with E-state index in [0.29, 0.717) is 45.5 Å². The number of imidazole rings is 1. The van der Waals surface area contributed by atoms with E-state index >= 15 is 0 Å². The highest BCUT2D eigenvalue weighted by atomic mass is 16.6. The molecule has 160 valence electrons. The number of hydrogen-bond acceptors (Lipinski definition) is 5. The molecule has 33 heavy (non-hydrogen) atoms. The Balaban J connectivity index is 1.90. The second-order valence-corrected chi connectivity index (χ2v) is 7.79. The highest BCUT2D eigenvalue weighted by Crippen LogP contribution is 2.31. The number of pyridine rings is 1. The monoisotopic (exact) mass is 435 g/mol. The van der Waals surface area contributed by atoms with Crippen LogP contribution < -0.4 is 5.43 Å². The fourth-order valence-electron chi connectivity index (χ4n) is 4.53. The molecule has 0 spiro atoms. The van der Waals surface area contributed by atoms with Gasteiger partial charge in [-0.15, -0.1) is 0 Å². The molecule has 0 amide bonds. The van der Waals surface area contributed by atoms with E-state index in [-0.39, 0.29) is 11.1 Å². The average molecular weight is 435 g/mol. The number of aromatic nitrogens is 4. The van der Waals surface area contributed by atoms with E-state index in [1.807, 2.05) is 64.4 Å². The lowest BCUT2D eigenvalue weighted by Crippen LogP contribution is -2.15. The van der Waals surface area contributed by atoms with Crippen molar-refractivity contribution in [1.29, 1.82) is 0 Å². The Kier molecular flexibility index (Phi) is 4.03. The first kappa shape index (κ1) is 19.1. The molecule has 8 heteroatoms. The minimum absolute atomic E-state index is 0.0293. The number of fused-ring (bicyclic) bond motifs is 6. The van der Waals surface area contributed by atoms with Crippen molar-refractivity contribution in [3.8, 4) is 11.4 Å². The maximum Gasteiger partial charge on any atom is 0.270 e. The number of rotatable bonds is 3. The second kappa shape index (κ2) is 6.96. The summed E-state index contributed by atoms with van der Waals surface area (Å²) in [5.74, 6) is 0.492. The van der Waals surface area contributed by atoms with Crippen molar-refractivity contribution in [2.45, 2.75) is 13.5 Å². The zero-order valence-electron chi connectivity index (χ0n) is 17.6. The molecule has 0 unspecified atom stereocenters. The van der Waals surface area contributed by atoms with Crippen molar-refractivity contribution < 1.29 is 4.92 Å². The molecule has 0 fully saturated rings. The number of nitrogens with zero attached hydrogens (tertiary/aromatic N) is 5. The van der Waals surface area contributed by atoms with Crippen LogP contribution >= 0.6 is 0 Å². The second-order valence-electron chi connectivity index (χ2n) is 7.79. The third-order valence-electron chi connectivity index (χ3n) is 5.99. The lowest BCUT2D eigenvalue weighted by atomic mass is 10.1. The minimum atomic E-state index is -0.427. The third-order valence-corrected chi connectivity index (χ3v) is 5.99. The number of nitro groups is 1. The first-order chi connectivity index (χ1) is 16.1. The molecular formula is C25H17N5O3. The fraction of sp³-hybridized carbons (Fsp3) is 0.0800. The van der Waals surface area contributed by atoms with Gasteiger partial charge in [-0.05, 0) is 31.2 Å². The van der Waals surface area contributed by atoms with Gasteiger partial charge in [0.2, 0.25) is 5.43 Å². The Morgan fingerprint density at radius 3 is 2.45 bits per heavy atom. The summed E-state index contributed by atoms with van der Waals surface area (Å²) in [6.45, 7) is 2.59. The minimum Gasteiger partial charge on any atom is -0.325 e. The zero-order chi connectivity index (χ0) is 22.7. The Hall–Kier alpha value is -4.59. The molecule has 8 nitrogen and oxygen atoms in total. The maximum absolute atomic E-state index is 13.6. The quantitative estimate of drug-likeness (QED) is 0.223. The smallest absolute Gasteiger partial charge is 0.270 e. The molecule has 0 saturated carbocycles. The lowest BCUT2D eigenvalue weighted by Gasteiger charge is -2.15. The molecule has 3 aromatic heterocycles. The zero-order valence-corrected chi connectivity index (χ0v) is 17.6. The molecule has 0 N–H and O–H groups in total. The Morgan fingerprint density at radius 2 is 1.67 bits per heavy atom. The largest absolute Gasteiger partial charge is 0.325 e. The molecule has 0 aliphatic rings. The van der Waals surface area contributed by atoms with Gasteiger partial charge in [0.25, 0.3) is 5.69 Å². The van der Waals surface area contributed by atoms with Crippen LogP contribution in [-0.4, -0.2) is 23.9 Å². The van der Waals surface area contributed by atoms with Crippen LogP contribution in [0, 0.1) is 10.1 Å². The highest BCUT2D eigenvalue weighted by molar-refractivity contribution is 6.02. The van der Waals surface area contributed by atoms with Crippen LogP contribution in [0.25, 0.3) is 50.0 Å². The molecule has 6 rings (SSSR count). The van der Waals surface area contributed by atoms with Crippen molar-refractivity contribution in [3.05, 3.63) is 93.1 Å². The van der Waals surface area contributed by atoms with E-state index in [2.05, 4.69) is 0 Å². The van der Waals surface area contributed by atoms with Crippen LogP contribution in [0.5, 0.6) is 0 Å². The van der Waals surface area contributed by atoms with Gasteiger partial charge in [0.1, 0.15) is 11.2 Å². The van der Waals surface area contributed by atoms with Crippen LogP contribution in [0.15, 0.2) is 77.6 Å². The van der Waals surface area contributed by atoms with Crippen molar-refractivity contribution in [2.24, 2.45) is 0 Å². The first-order valence-electron chi connectivity index (χ1n) is 10.6. The van der Waals surface area contributed by atoms with Crippen LogP contribution in [0.1, 0.15) is 6.92 Å². The van der Waals surface area contributed by atoms with Crippen LogP contribution in [-0.2, 0) is 6.54 Å². The van der Waals surface area contributed by atoms with Crippen LogP contribution in [0.4, 0.5) is 5.69 Å². The van der Waals surface area contributed by atoms with Gasteiger partial charge in [0.15, 0.2) is 11.3 Å². The molecule has 0 aliphatic carbocycles. The van der Waals surface area contributed by atoms with E-state index in [9.17, 15) is 14.9 Å². The third kappa shape index (κ3) is 2.67. The van der Waals surface area contributed by atoms with Crippen LogP contribution in [0.2, 0.25) is 0 Å². The highest BCUT2D eigenvalue weighted by Gasteiger charge is 2.21. The van der Waals surface area contributed by atoms with Gasteiger partial charge in [0, 0.05) is 29.6 Å². The first-order valence-corrected chi connectivity index (χ1v) is 10.6. The van der Waals surface area contributed by atoms with Gasteiger partial charge in [0.05, 0.1) is 21.5 Å². The summed E-state index contributed by atoms with van der Waals surface area (Å²) in [4.78, 5) is 34.4. The summed E-state index contributed by atoms with van der Waals surface area (Å²) in [6, 6.07) is 21.4. The van der Waals surface area contributed by atoms with Gasteiger partial charge in [-0.25, -0.2) is 9.97 Å². The topological polar surface area (TPSA) is 95.3 Å². The molecule has 3 heterocycles. The summed E-state index contributed by atoms with van der Waals surface area (Å²) in [6.07, 6.45) is 0. The average Bonchev–Trinajstić information content (AvgIpc) is 3.23. The van der Waals surface area contributed by atoms with Crippen LogP contribution in [0.3, 0.4) is 0 Å². The predicted octanol–water partition coefficient (Wildman–Crippen LogP) is 4.95. The predicted molar refractivity (Wildman–Crippen MR) is 128 cm³/mol. The summed E-state index contributed by atoms with van der Waals surface area (Å²) in [5.41, 5.74) is 3.68. The standard InChI is InChI=1S/C25H17N5O3/c1-2-28-19-12-5-3-10-17(19)22(31)21-24(28)27-23(15-8-7-9-16(14-15)30(32)33)29-20-13-6-4-11-18(20)26-25(21)29/h3-14H,2H2,1H3. The normalized spacial score (nSPS) is 11.7. The van der Waals surface area contributed by atoms with Crippen molar-refractivity contribution in [2.75, 3.05) is 0 Å². The summed E-state index contributed by atoms with van der Waals surface area (Å²) in [5, 5.41) is 12.5. The molecule has 0 bridgehead atoms. The van der Waals surface area contributed by atoms with E-state index in [0.717, 1.165) is 11.0 Å².